The largest absolute Gasteiger partial charge is 0.454 e. The van der Waals surface area contributed by atoms with Crippen LogP contribution in [-0.2, 0) is 35.3 Å². The summed E-state index contributed by atoms with van der Waals surface area (Å²) in [6.07, 6.45) is -18.1. The summed E-state index contributed by atoms with van der Waals surface area (Å²) >= 11 is 5.37. The molecular formula is C60H62F20O6P2S2. The van der Waals surface area contributed by atoms with Gasteiger partial charge in [0.05, 0.1) is 0 Å². The van der Waals surface area contributed by atoms with Crippen molar-refractivity contribution in [3.05, 3.63) is 188 Å². The molecule has 6 aromatic rings. The average Bonchev–Trinajstić information content (AvgIpc) is 1.92. The number of benzene rings is 6. The Morgan fingerprint density at radius 1 is 0.422 bits per heavy atom. The van der Waals surface area contributed by atoms with E-state index in [0.29, 0.717) is 38.6 Å². The van der Waals surface area contributed by atoms with Crippen LogP contribution in [-0.4, -0.2) is 119 Å². The summed E-state index contributed by atoms with van der Waals surface area (Å²) in [5.74, 6) is -15.3. The molecule has 0 radical (unpaired) electrons. The van der Waals surface area contributed by atoms with E-state index in [1.807, 2.05) is 18.2 Å². The first-order chi connectivity index (χ1) is 42.3. The number of ether oxygens (including phenoxy) is 4. The number of thioether (sulfide) groups is 1. The van der Waals surface area contributed by atoms with Crippen LogP contribution in [0.3, 0.4) is 0 Å². The van der Waals surface area contributed by atoms with Crippen LogP contribution >= 0.6 is 40.2 Å². The minimum absolute atomic E-state index is 0.116. The maximum Gasteiger partial charge on any atom is 0.454 e. The van der Waals surface area contributed by atoms with E-state index in [-0.39, 0.29) is 13.2 Å². The van der Waals surface area contributed by atoms with Crippen LogP contribution in [0.15, 0.2) is 176 Å². The second-order valence-electron chi connectivity index (χ2n) is 18.1. The van der Waals surface area contributed by atoms with Gasteiger partial charge in [-0.25, -0.2) is 8.78 Å². The maximum atomic E-state index is 13.3. The van der Waals surface area contributed by atoms with Gasteiger partial charge in [-0.1, -0.05) is 183 Å². The second kappa shape index (κ2) is 39.5. The first-order valence-corrected chi connectivity index (χ1v) is 30.6. The third kappa shape index (κ3) is 26.2. The number of alkyl halides is 18. The topological polar surface area (TPSA) is 55.4 Å². The van der Waals surface area contributed by atoms with E-state index in [1.165, 1.54) is 37.4 Å². The minimum atomic E-state index is -5.49. The predicted octanol–water partition coefficient (Wildman–Crippen LogP) is 16.5. The molecule has 0 heterocycles. The molecular weight excluding hydrogens is 1320 g/mol. The molecule has 500 valence electrons. The molecule has 6 nitrogen and oxygen atoms in total. The molecule has 0 aliphatic heterocycles. The van der Waals surface area contributed by atoms with E-state index in [2.05, 4.69) is 206 Å². The Kier molecular flexibility index (Phi) is 35.6. The van der Waals surface area contributed by atoms with Crippen LogP contribution in [0.2, 0.25) is 0 Å². The quantitative estimate of drug-likeness (QED) is 0.0239. The summed E-state index contributed by atoms with van der Waals surface area (Å²) in [4.78, 5) is 4.70. The van der Waals surface area contributed by atoms with Gasteiger partial charge >= 0.3 is 48.1 Å². The van der Waals surface area contributed by atoms with Crippen molar-refractivity contribution in [2.24, 2.45) is 0 Å². The molecule has 0 saturated carbocycles. The van der Waals surface area contributed by atoms with Crippen molar-refractivity contribution < 1.29 is 117 Å². The van der Waals surface area contributed by atoms with Gasteiger partial charge in [0.25, 0.3) is 0 Å². The molecule has 0 fully saturated rings. The summed E-state index contributed by atoms with van der Waals surface area (Å²) in [5.41, 5.74) is 2.36. The highest BCUT2D eigenvalue weighted by molar-refractivity contribution is 7.99. The number of hydrogen-bond acceptors (Lipinski definition) is 8. The fourth-order valence-corrected chi connectivity index (χ4v) is 12.3. The minimum Gasteiger partial charge on any atom is -0.375 e. The van der Waals surface area contributed by atoms with E-state index in [0.717, 1.165) is 17.7 Å². The van der Waals surface area contributed by atoms with Crippen LogP contribution < -0.4 is 31.8 Å². The maximum absolute atomic E-state index is 13.3. The Morgan fingerprint density at radius 2 is 0.722 bits per heavy atom. The van der Waals surface area contributed by atoms with Crippen LogP contribution in [0.4, 0.5) is 88.1 Å². The van der Waals surface area contributed by atoms with Gasteiger partial charge in [-0.3, -0.25) is 0 Å². The van der Waals surface area contributed by atoms with Gasteiger partial charge in [0.2, 0.25) is 0 Å². The van der Waals surface area contributed by atoms with Crippen molar-refractivity contribution in [1.29, 1.82) is 0 Å². The second-order valence-corrected chi connectivity index (χ2v) is 24.2. The zero-order chi connectivity index (χ0) is 67.7. The van der Waals surface area contributed by atoms with Crippen molar-refractivity contribution in [3.8, 4) is 0 Å². The summed E-state index contributed by atoms with van der Waals surface area (Å²) < 4.78 is 252. The lowest BCUT2D eigenvalue weighted by Crippen LogP contribution is -2.46. The standard InChI is InChI=1S/C26H26F5O2PS.C20H17P.C6H9F5O2S.2C4H5F5O/c27-25(33-31,26(28,29)30)20-32-17-7-18-35-19-16-21-12-14-24(15-13-21)34(22-8-3-1-4-9-22)23-10-5-2-6-11-23;1-2-17-13-15-20(16-14-17)21(18-9-5-3-6-10-18)19-11-7-4-8-12-19;7-5(13-11,6(8,9)10)4-12-2-1-3-14;2*1-10-3(6,2-5)4(7,8)9/h1-6,8-15H,7,16-20H2;2-16H,1H2;14H,1-4H2;2*2H2,1H3. The molecule has 0 aliphatic rings. The van der Waals surface area contributed by atoms with Crippen molar-refractivity contribution in [2.75, 3.05) is 71.3 Å². The first-order valence-electron chi connectivity index (χ1n) is 26.1. The van der Waals surface area contributed by atoms with Crippen LogP contribution in [0.1, 0.15) is 24.0 Å². The Balaban J connectivity index is 0.000000425. The van der Waals surface area contributed by atoms with Gasteiger partial charge in [0.1, 0.15) is 13.2 Å². The molecule has 6 rings (SSSR count). The Bertz CT molecular complexity index is 2740. The highest BCUT2D eigenvalue weighted by Crippen LogP contribution is 2.39. The average molecular weight is 1390 g/mol. The monoisotopic (exact) mass is 1380 g/mol. The van der Waals surface area contributed by atoms with Gasteiger partial charge in [-0.05, 0) is 104 Å². The highest BCUT2D eigenvalue weighted by atomic mass is 32.2. The number of halogens is 20. The van der Waals surface area contributed by atoms with Crippen LogP contribution in [0, 0.1) is 0 Å². The number of aryl methyl sites for hydroxylation is 1. The molecule has 4 unspecified atom stereocenters. The van der Waals surface area contributed by atoms with Gasteiger partial charge < -0.3 is 18.9 Å². The number of hydrogen-bond donors (Lipinski definition) is 1. The SMILES string of the molecule is C=Cc1ccc(P(c2ccccc2)c2ccccc2)cc1.COC(F)(CF)C(F)(F)F.COC(F)(CF)C(F)(F)F.FOC(F)(COCCCS)C(F)(F)F.FOC(F)(COCCCSCCc1ccc(P(c2ccccc2)c2ccccc2)cc1)C(F)(F)F. The Labute approximate surface area is 519 Å². The number of rotatable bonds is 27. The highest BCUT2D eigenvalue weighted by Gasteiger charge is 2.61. The normalized spacial score (nSPS) is 14.5. The van der Waals surface area contributed by atoms with E-state index in [9.17, 15) is 88.1 Å². The van der Waals surface area contributed by atoms with E-state index < -0.39 is 90.5 Å². The van der Waals surface area contributed by atoms with E-state index in [4.69, 9.17) is 0 Å². The zero-order valence-electron chi connectivity index (χ0n) is 47.7. The van der Waals surface area contributed by atoms with Gasteiger partial charge in [0.15, 0.2) is 13.3 Å². The predicted molar refractivity (Wildman–Crippen MR) is 316 cm³/mol. The molecule has 30 heteroatoms. The van der Waals surface area contributed by atoms with Crippen LogP contribution in [0.5, 0.6) is 0 Å². The zero-order valence-corrected chi connectivity index (χ0v) is 51.2. The lowest BCUT2D eigenvalue weighted by molar-refractivity contribution is -0.411. The molecule has 0 N–H and O–H groups in total. The molecule has 90 heavy (non-hydrogen) atoms. The molecule has 0 spiro atoms. The molecule has 6 aromatic carbocycles. The Morgan fingerprint density at radius 3 is 0.978 bits per heavy atom. The van der Waals surface area contributed by atoms with Gasteiger partial charge in [0, 0.05) is 27.4 Å². The summed E-state index contributed by atoms with van der Waals surface area (Å²) in [6, 6.07) is 59.8. The molecule has 0 amide bonds. The van der Waals surface area contributed by atoms with Gasteiger partial charge in [-0.2, -0.15) is 94.6 Å². The van der Waals surface area contributed by atoms with Crippen molar-refractivity contribution in [3.63, 3.8) is 0 Å². The third-order valence-corrected chi connectivity index (χ3v) is 18.0. The molecule has 0 saturated heterocycles. The van der Waals surface area contributed by atoms with Crippen molar-refractivity contribution in [1.82, 2.24) is 0 Å². The first kappa shape index (κ1) is 81.1. The summed E-state index contributed by atoms with van der Waals surface area (Å²) in [5, 5.41) is 7.98. The van der Waals surface area contributed by atoms with E-state index >= 15 is 0 Å². The molecule has 0 aliphatic carbocycles. The lowest BCUT2D eigenvalue weighted by atomic mass is 10.2. The fraction of sp³-hybridized carbons (Fsp3) is 0.367. The smallest absolute Gasteiger partial charge is 0.375 e. The van der Waals surface area contributed by atoms with E-state index in [1.54, 1.807) is 11.8 Å². The van der Waals surface area contributed by atoms with Gasteiger partial charge in [-0.15, -0.1) is 9.88 Å². The summed E-state index contributed by atoms with van der Waals surface area (Å²) in [7, 11) is -0.244. The molecule has 4 atom stereocenters. The molecule has 0 aromatic heterocycles. The summed E-state index contributed by atoms with van der Waals surface area (Å²) in [6.45, 7) is -3.95. The number of methoxy groups -OCH3 is 2. The third-order valence-electron chi connectivity index (χ3n) is 11.7. The van der Waals surface area contributed by atoms with Crippen molar-refractivity contribution in [2.45, 2.75) is 67.4 Å². The molecule has 0 bridgehead atoms. The Hall–Kier alpha value is -5.02. The van der Waals surface area contributed by atoms with Crippen LogP contribution in [0.25, 0.3) is 6.08 Å². The number of thiol groups is 1. The lowest BCUT2D eigenvalue weighted by Gasteiger charge is -2.22. The fourth-order valence-electron chi connectivity index (χ4n) is 6.69. The van der Waals surface area contributed by atoms with Crippen molar-refractivity contribution >= 4 is 78.1 Å².